The van der Waals surface area contributed by atoms with E-state index in [0.29, 0.717) is 12.3 Å². The van der Waals surface area contributed by atoms with Crippen LogP contribution in [0.4, 0.5) is 0 Å². The molecule has 0 bridgehead atoms. The third kappa shape index (κ3) is 4.78. The van der Waals surface area contributed by atoms with Crippen molar-refractivity contribution >= 4 is 22.5 Å². The van der Waals surface area contributed by atoms with Gasteiger partial charge in [0.05, 0.1) is 38.2 Å². The second kappa shape index (κ2) is 10.9. The van der Waals surface area contributed by atoms with Crippen molar-refractivity contribution in [3.05, 3.63) is 82.3 Å². The molecule has 1 unspecified atom stereocenters. The van der Waals surface area contributed by atoms with Gasteiger partial charge in [-0.25, -0.2) is 0 Å². The van der Waals surface area contributed by atoms with E-state index in [2.05, 4.69) is 28.2 Å². The summed E-state index contributed by atoms with van der Waals surface area (Å²) in [5.74, 6) is 1.45. The third-order valence-corrected chi connectivity index (χ3v) is 7.50. The van der Waals surface area contributed by atoms with Crippen LogP contribution in [-0.4, -0.2) is 60.1 Å². The Bertz CT molecular complexity index is 1340. The van der Waals surface area contributed by atoms with E-state index < -0.39 is 0 Å². The Labute approximate surface area is 217 Å². The minimum atomic E-state index is 0.0596. The molecule has 2 aromatic carbocycles. The smallest absolute Gasteiger partial charge is 0.166 e. The predicted octanol–water partition coefficient (Wildman–Crippen LogP) is 4.65. The number of pyridine rings is 1. The third-order valence-electron chi connectivity index (χ3n) is 7.09. The van der Waals surface area contributed by atoms with Gasteiger partial charge in [0, 0.05) is 60.5 Å². The number of halogens is 1. The Balaban J connectivity index is 1.68. The highest BCUT2D eigenvalue weighted by Crippen LogP contribution is 2.44. The predicted molar refractivity (Wildman–Crippen MR) is 143 cm³/mol. The number of piperazine rings is 1. The molecule has 0 spiro atoms. The number of hydrogen-bond acceptors (Lipinski definition) is 6. The van der Waals surface area contributed by atoms with Gasteiger partial charge in [-0.3, -0.25) is 14.6 Å². The fourth-order valence-electron chi connectivity index (χ4n) is 5.15. The number of aromatic nitrogens is 3. The molecule has 5 rings (SSSR count). The van der Waals surface area contributed by atoms with E-state index in [1.807, 2.05) is 53.5 Å². The molecule has 1 N–H and O–H groups in total. The van der Waals surface area contributed by atoms with E-state index in [1.54, 1.807) is 14.2 Å². The summed E-state index contributed by atoms with van der Waals surface area (Å²) in [7, 11) is 3.40. The van der Waals surface area contributed by atoms with E-state index in [1.165, 1.54) is 5.56 Å². The van der Waals surface area contributed by atoms with E-state index >= 15 is 0 Å². The lowest BCUT2D eigenvalue weighted by atomic mass is 9.91. The highest BCUT2D eigenvalue weighted by molar-refractivity contribution is 6.31. The van der Waals surface area contributed by atoms with Crippen LogP contribution in [0.25, 0.3) is 10.9 Å². The average molecular weight is 506 g/mol. The molecule has 1 aliphatic rings. The molecule has 0 amide bonds. The summed E-state index contributed by atoms with van der Waals surface area (Å²) >= 11 is 6.52. The molecule has 0 aliphatic carbocycles. The highest BCUT2D eigenvalue weighted by atomic mass is 35.5. The maximum atomic E-state index is 6.52. The number of benzene rings is 2. The summed E-state index contributed by atoms with van der Waals surface area (Å²) in [6, 6.07) is 14.2. The Kier molecular flexibility index (Phi) is 7.41. The molecular formula is C28H32ClN5O2. The van der Waals surface area contributed by atoms with Gasteiger partial charge in [0.2, 0.25) is 0 Å². The molecule has 188 valence electrons. The van der Waals surface area contributed by atoms with Gasteiger partial charge in [0.15, 0.2) is 11.5 Å². The summed E-state index contributed by atoms with van der Waals surface area (Å²) in [6.07, 6.45) is 4.57. The molecule has 1 fully saturated rings. The van der Waals surface area contributed by atoms with Crippen molar-refractivity contribution in [2.45, 2.75) is 25.9 Å². The lowest BCUT2D eigenvalue weighted by Crippen LogP contribution is -2.45. The summed E-state index contributed by atoms with van der Waals surface area (Å²) in [6.45, 7) is 6.43. The van der Waals surface area contributed by atoms with Gasteiger partial charge in [-0.05, 0) is 42.7 Å². The number of nitrogens with one attached hydrogen (secondary N) is 1. The zero-order chi connectivity index (χ0) is 25.1. The van der Waals surface area contributed by atoms with Crippen molar-refractivity contribution < 1.29 is 9.47 Å². The summed E-state index contributed by atoms with van der Waals surface area (Å²) in [5.41, 5.74) is 5.39. The molecule has 7 nitrogen and oxygen atoms in total. The molecule has 1 saturated heterocycles. The second-order valence-electron chi connectivity index (χ2n) is 9.11. The SMILES string of the molecule is COc1cc2c(cnn2Cc2ccccn2)c(C(Cc2cccc(Cl)c2C)N2CCNCC2)c1OC. The van der Waals surface area contributed by atoms with Gasteiger partial charge in [-0.1, -0.05) is 29.8 Å². The zero-order valence-corrected chi connectivity index (χ0v) is 21.8. The number of fused-ring (bicyclic) bond motifs is 1. The molecule has 0 radical (unpaired) electrons. The molecule has 3 heterocycles. The molecule has 0 saturated carbocycles. The molecule has 8 heteroatoms. The largest absolute Gasteiger partial charge is 0.493 e. The van der Waals surface area contributed by atoms with Gasteiger partial charge in [0.25, 0.3) is 0 Å². The van der Waals surface area contributed by atoms with Crippen molar-refractivity contribution in [3.63, 3.8) is 0 Å². The van der Waals surface area contributed by atoms with E-state index in [9.17, 15) is 0 Å². The van der Waals surface area contributed by atoms with Crippen molar-refractivity contribution in [1.82, 2.24) is 25.0 Å². The topological polar surface area (TPSA) is 64.4 Å². The van der Waals surface area contributed by atoms with Gasteiger partial charge < -0.3 is 14.8 Å². The van der Waals surface area contributed by atoms with Crippen molar-refractivity contribution in [1.29, 1.82) is 0 Å². The highest BCUT2D eigenvalue weighted by Gasteiger charge is 2.31. The van der Waals surface area contributed by atoms with Crippen LogP contribution in [-0.2, 0) is 13.0 Å². The quantitative estimate of drug-likeness (QED) is 0.376. The average Bonchev–Trinajstić information content (AvgIpc) is 3.31. The number of ether oxygens (including phenoxy) is 2. The van der Waals surface area contributed by atoms with Crippen LogP contribution in [0.1, 0.15) is 28.4 Å². The Morgan fingerprint density at radius 2 is 1.92 bits per heavy atom. The fourth-order valence-corrected chi connectivity index (χ4v) is 5.35. The number of methoxy groups -OCH3 is 2. The van der Waals surface area contributed by atoms with Gasteiger partial charge in [0.1, 0.15) is 0 Å². The van der Waals surface area contributed by atoms with Gasteiger partial charge in [-0.15, -0.1) is 0 Å². The van der Waals surface area contributed by atoms with Crippen molar-refractivity contribution in [3.8, 4) is 11.5 Å². The maximum Gasteiger partial charge on any atom is 0.166 e. The molecule has 1 aliphatic heterocycles. The Hall–Kier alpha value is -3.13. The first kappa shape index (κ1) is 24.6. The Morgan fingerprint density at radius 1 is 1.08 bits per heavy atom. The monoisotopic (exact) mass is 505 g/mol. The van der Waals surface area contributed by atoms with Gasteiger partial charge >= 0.3 is 0 Å². The first-order chi connectivity index (χ1) is 17.6. The lowest BCUT2D eigenvalue weighted by molar-refractivity contribution is 0.170. The first-order valence-corrected chi connectivity index (χ1v) is 12.7. The van der Waals surface area contributed by atoms with E-state index in [0.717, 1.165) is 71.1 Å². The zero-order valence-electron chi connectivity index (χ0n) is 21.0. The summed E-state index contributed by atoms with van der Waals surface area (Å²) in [4.78, 5) is 7.03. The lowest BCUT2D eigenvalue weighted by Gasteiger charge is -2.36. The van der Waals surface area contributed by atoms with E-state index in [4.69, 9.17) is 26.2 Å². The van der Waals surface area contributed by atoms with Crippen LogP contribution in [0.2, 0.25) is 5.02 Å². The molecular weight excluding hydrogens is 474 g/mol. The minimum Gasteiger partial charge on any atom is -0.493 e. The maximum absolute atomic E-state index is 6.52. The molecule has 36 heavy (non-hydrogen) atoms. The summed E-state index contributed by atoms with van der Waals surface area (Å²) in [5, 5.41) is 10.1. The van der Waals surface area contributed by atoms with Crippen LogP contribution < -0.4 is 14.8 Å². The molecule has 1 atom stereocenters. The molecule has 2 aromatic heterocycles. The van der Waals surface area contributed by atoms with Crippen molar-refractivity contribution in [2.75, 3.05) is 40.4 Å². The van der Waals surface area contributed by atoms with Crippen LogP contribution in [0.3, 0.4) is 0 Å². The Morgan fingerprint density at radius 3 is 2.64 bits per heavy atom. The first-order valence-electron chi connectivity index (χ1n) is 12.3. The second-order valence-corrected chi connectivity index (χ2v) is 9.52. The normalized spacial score (nSPS) is 15.2. The van der Waals surface area contributed by atoms with Crippen LogP contribution in [0, 0.1) is 6.92 Å². The van der Waals surface area contributed by atoms with Crippen LogP contribution in [0.5, 0.6) is 11.5 Å². The standard InChI is InChI=1S/C28H32ClN5O2/c1-19-20(7-6-9-23(19)29)15-25(33-13-11-30-12-14-33)27-22-17-32-34(18-21-8-4-5-10-31-21)24(22)16-26(35-2)28(27)36-3/h4-10,16-17,25,30H,11-15,18H2,1-3H3. The summed E-state index contributed by atoms with van der Waals surface area (Å²) < 4.78 is 13.9. The van der Waals surface area contributed by atoms with E-state index in [-0.39, 0.29) is 6.04 Å². The number of hydrogen-bond donors (Lipinski definition) is 1. The number of rotatable bonds is 8. The van der Waals surface area contributed by atoms with Crippen molar-refractivity contribution in [2.24, 2.45) is 0 Å². The van der Waals surface area contributed by atoms with Gasteiger partial charge in [-0.2, -0.15) is 5.10 Å². The van der Waals surface area contributed by atoms with Crippen LogP contribution >= 0.6 is 11.6 Å². The fraction of sp³-hybridized carbons (Fsp3) is 0.357. The number of nitrogens with zero attached hydrogens (tertiary/aromatic N) is 4. The molecule has 4 aromatic rings. The van der Waals surface area contributed by atoms with Crippen LogP contribution in [0.15, 0.2) is 54.9 Å². The minimum absolute atomic E-state index is 0.0596.